The Morgan fingerprint density at radius 2 is 2.47 bits per heavy atom. The minimum atomic E-state index is -0.685. The van der Waals surface area contributed by atoms with Gasteiger partial charge in [-0.3, -0.25) is 4.79 Å². The second kappa shape index (κ2) is 7.19. The number of aliphatic hydroxyl groups excluding tert-OH is 1. The van der Waals surface area contributed by atoms with Gasteiger partial charge in [-0.1, -0.05) is 6.08 Å². The Kier molecular flexibility index (Phi) is 6.20. The minimum Gasteiger partial charge on any atom is -0.422 e. The summed E-state index contributed by atoms with van der Waals surface area (Å²) >= 11 is 0. The van der Waals surface area contributed by atoms with Crippen molar-refractivity contribution in [2.45, 2.75) is 24.9 Å². The quantitative estimate of drug-likeness (QED) is 0.529. The Labute approximate surface area is 126 Å². The standard InChI is InChI=1S/C12H17N2O4.Mo/c1-17-7-10-9(15)5-11(18-10)14-4-2-3-8(6-14)12(13)16;/h2,4-6,9-11,15H,3,7H2,1H3,(H2,13,16);/q-1;/t9-,10+,11+;/m0./s1. The van der Waals surface area contributed by atoms with E-state index in [9.17, 15) is 9.90 Å². The molecule has 19 heavy (non-hydrogen) atoms. The molecule has 1 saturated heterocycles. The molecule has 0 aliphatic carbocycles. The van der Waals surface area contributed by atoms with E-state index in [0.717, 1.165) is 0 Å². The third kappa shape index (κ3) is 3.89. The summed E-state index contributed by atoms with van der Waals surface area (Å²) in [7, 11) is 1.55. The number of hydrogen-bond donors (Lipinski definition) is 2. The third-order valence-electron chi connectivity index (χ3n) is 2.92. The van der Waals surface area contributed by atoms with Gasteiger partial charge in [0.15, 0.2) is 0 Å². The summed E-state index contributed by atoms with van der Waals surface area (Å²) in [6, 6.07) is 0. The zero-order chi connectivity index (χ0) is 13.1. The fraction of sp³-hybridized carbons (Fsp3) is 0.500. The topological polar surface area (TPSA) is 85.0 Å². The smallest absolute Gasteiger partial charge is 0.246 e. The van der Waals surface area contributed by atoms with Crippen LogP contribution >= 0.6 is 0 Å². The number of rotatable bonds is 4. The van der Waals surface area contributed by atoms with Crippen LogP contribution in [0.5, 0.6) is 0 Å². The molecule has 106 valence electrons. The second-order valence-corrected chi connectivity index (χ2v) is 4.26. The van der Waals surface area contributed by atoms with E-state index in [0.29, 0.717) is 18.6 Å². The molecule has 2 aliphatic heterocycles. The number of primary amides is 1. The van der Waals surface area contributed by atoms with Crippen molar-refractivity contribution in [1.29, 1.82) is 0 Å². The number of nitrogens with zero attached hydrogens (tertiary/aromatic N) is 1. The maximum absolute atomic E-state index is 11.1. The number of hydrogen-bond acceptors (Lipinski definition) is 5. The molecule has 0 aromatic heterocycles. The molecule has 0 unspecified atom stereocenters. The predicted molar refractivity (Wildman–Crippen MR) is 63.7 cm³/mol. The van der Waals surface area contributed by atoms with Crippen LogP contribution in [0.2, 0.25) is 0 Å². The van der Waals surface area contributed by atoms with E-state index >= 15 is 0 Å². The number of carbonyl (C=O) groups excluding carboxylic acids is 1. The van der Waals surface area contributed by atoms with Gasteiger partial charge >= 0.3 is 0 Å². The van der Waals surface area contributed by atoms with Crippen LogP contribution in [0.25, 0.3) is 0 Å². The van der Waals surface area contributed by atoms with Crippen LogP contribution in [0.3, 0.4) is 0 Å². The Morgan fingerprint density at radius 1 is 1.74 bits per heavy atom. The van der Waals surface area contributed by atoms with Gasteiger partial charge in [0.05, 0.1) is 12.7 Å². The molecule has 2 rings (SSSR count). The first-order valence-corrected chi connectivity index (χ1v) is 5.74. The first kappa shape index (κ1) is 16.4. The van der Waals surface area contributed by atoms with Gasteiger partial charge in [-0.25, -0.2) is 6.42 Å². The molecule has 0 aromatic rings. The summed E-state index contributed by atoms with van der Waals surface area (Å²) in [5.74, 6) is -0.448. The molecule has 0 radical (unpaired) electrons. The summed E-state index contributed by atoms with van der Waals surface area (Å²) in [6.07, 6.45) is 5.97. The molecule has 1 fully saturated rings. The molecule has 3 atom stereocenters. The molecule has 6 nitrogen and oxygen atoms in total. The molecule has 2 aliphatic rings. The van der Waals surface area contributed by atoms with Crippen LogP contribution in [-0.2, 0) is 35.3 Å². The van der Waals surface area contributed by atoms with E-state index in [1.807, 2.05) is 6.08 Å². The summed E-state index contributed by atoms with van der Waals surface area (Å²) in [5, 5.41) is 9.77. The Balaban J connectivity index is 0.00000180. The average Bonchev–Trinajstić information content (AvgIpc) is 2.72. The second-order valence-electron chi connectivity index (χ2n) is 4.26. The Morgan fingerprint density at radius 3 is 3.11 bits per heavy atom. The van der Waals surface area contributed by atoms with Crippen LogP contribution in [0.1, 0.15) is 6.42 Å². The predicted octanol–water partition coefficient (Wildman–Crippen LogP) is -0.491. The Bertz CT molecular complexity index is 386. The van der Waals surface area contributed by atoms with Crippen molar-refractivity contribution < 1.29 is 40.4 Å². The summed E-state index contributed by atoms with van der Waals surface area (Å²) in [5.41, 5.74) is 5.76. The van der Waals surface area contributed by atoms with E-state index in [2.05, 4.69) is 0 Å². The SMILES string of the molecule is COC[C@H]1O[C@@H](N2C=CCC(C(N)=O)=C2)[CH-][C@@H]1O.[Mo]. The number of amides is 1. The van der Waals surface area contributed by atoms with Gasteiger partial charge in [0, 0.05) is 46.2 Å². The van der Waals surface area contributed by atoms with Crippen LogP contribution in [0.4, 0.5) is 0 Å². The monoisotopic (exact) mass is 351 g/mol. The largest absolute Gasteiger partial charge is 0.422 e. The number of allylic oxidation sites excluding steroid dienone is 1. The van der Waals surface area contributed by atoms with Gasteiger partial charge in [0.2, 0.25) is 5.91 Å². The van der Waals surface area contributed by atoms with Crippen molar-refractivity contribution in [3.05, 3.63) is 30.5 Å². The first-order chi connectivity index (χ1) is 8.61. The van der Waals surface area contributed by atoms with Crippen LogP contribution in [0.15, 0.2) is 24.0 Å². The van der Waals surface area contributed by atoms with Crippen LogP contribution in [0, 0.1) is 6.42 Å². The Hall–Kier alpha value is -0.682. The van der Waals surface area contributed by atoms with Gasteiger partial charge in [0.1, 0.15) is 0 Å². The maximum atomic E-state index is 11.1. The minimum absolute atomic E-state index is 0. The summed E-state index contributed by atoms with van der Waals surface area (Å²) in [6.45, 7) is 0.318. The molecule has 0 spiro atoms. The van der Waals surface area contributed by atoms with Crippen molar-refractivity contribution in [3.8, 4) is 0 Å². The molecular formula is C12H17MoN2O4-. The van der Waals surface area contributed by atoms with E-state index in [-0.39, 0.29) is 27.2 Å². The van der Waals surface area contributed by atoms with Gasteiger partial charge in [-0.15, -0.1) is 0 Å². The summed E-state index contributed by atoms with van der Waals surface area (Å²) in [4.78, 5) is 12.8. The third-order valence-corrected chi connectivity index (χ3v) is 2.92. The van der Waals surface area contributed by atoms with Crippen LogP contribution < -0.4 is 5.73 Å². The van der Waals surface area contributed by atoms with Gasteiger partial charge in [0.25, 0.3) is 0 Å². The number of carbonyl (C=O) groups is 1. The van der Waals surface area contributed by atoms with Crippen molar-refractivity contribution in [2.75, 3.05) is 13.7 Å². The van der Waals surface area contributed by atoms with E-state index < -0.39 is 18.2 Å². The van der Waals surface area contributed by atoms with Crippen LogP contribution in [-0.4, -0.2) is 48.1 Å². The van der Waals surface area contributed by atoms with E-state index in [1.54, 1.807) is 30.8 Å². The molecule has 0 aromatic carbocycles. The normalized spacial score (nSPS) is 29.9. The molecule has 7 heteroatoms. The van der Waals surface area contributed by atoms with Crippen molar-refractivity contribution in [1.82, 2.24) is 4.90 Å². The number of nitrogens with two attached hydrogens (primary N) is 1. The van der Waals surface area contributed by atoms with E-state index in [1.165, 1.54) is 0 Å². The number of methoxy groups -OCH3 is 1. The molecule has 3 N–H and O–H groups in total. The van der Waals surface area contributed by atoms with Crippen molar-refractivity contribution in [2.24, 2.45) is 5.73 Å². The number of ether oxygens (including phenoxy) is 2. The molecule has 0 bridgehead atoms. The fourth-order valence-electron chi connectivity index (χ4n) is 1.97. The zero-order valence-electron chi connectivity index (χ0n) is 10.6. The van der Waals surface area contributed by atoms with Crippen molar-refractivity contribution >= 4 is 5.91 Å². The molecule has 0 saturated carbocycles. The van der Waals surface area contributed by atoms with Crippen molar-refractivity contribution in [3.63, 3.8) is 0 Å². The van der Waals surface area contributed by atoms with E-state index in [4.69, 9.17) is 15.2 Å². The average molecular weight is 349 g/mol. The molecular weight excluding hydrogens is 332 g/mol. The van der Waals surface area contributed by atoms with Gasteiger partial charge in [-0.05, 0) is 18.7 Å². The molecule has 2 heterocycles. The first-order valence-electron chi connectivity index (χ1n) is 5.74. The molecule has 1 amide bonds. The maximum Gasteiger partial charge on any atom is 0.246 e. The summed E-state index contributed by atoms with van der Waals surface area (Å²) < 4.78 is 10.6. The number of aliphatic hydroxyl groups is 1. The van der Waals surface area contributed by atoms with Gasteiger partial charge in [-0.2, -0.15) is 0 Å². The fourth-order valence-corrected chi connectivity index (χ4v) is 1.97. The zero-order valence-corrected chi connectivity index (χ0v) is 12.6. The van der Waals surface area contributed by atoms with Gasteiger partial charge < -0.3 is 25.2 Å².